The third-order valence-corrected chi connectivity index (χ3v) is 7.78. The third-order valence-electron chi connectivity index (χ3n) is 7.78. The minimum absolute atomic E-state index is 0.0476. The largest absolute Gasteiger partial charge is 0.459 e. The molecule has 2 fully saturated rings. The Morgan fingerprint density at radius 1 is 1.17 bits per heavy atom. The summed E-state index contributed by atoms with van der Waals surface area (Å²) in [6, 6.07) is 0. The molecule has 1 saturated heterocycles. The Morgan fingerprint density at radius 2 is 1.81 bits per heavy atom. The molecule has 10 heteroatoms. The fourth-order valence-electron chi connectivity index (χ4n) is 5.60. The van der Waals surface area contributed by atoms with Gasteiger partial charge in [-0.3, -0.25) is 9.59 Å². The highest BCUT2D eigenvalue weighted by Crippen LogP contribution is 2.56. The molecule has 0 amide bonds. The number of fused-ring (bicyclic) bond motifs is 3. The summed E-state index contributed by atoms with van der Waals surface area (Å²) < 4.78 is 22.7. The predicted octanol–water partition coefficient (Wildman–Crippen LogP) is 2.05. The molecule has 3 rings (SSSR count). The molecular weight excluding hydrogens is 472 g/mol. The highest BCUT2D eigenvalue weighted by molar-refractivity contribution is 5.88. The summed E-state index contributed by atoms with van der Waals surface area (Å²) in [6.45, 7) is 10.8. The Hall–Kier alpha value is -2.72. The van der Waals surface area contributed by atoms with Crippen LogP contribution in [0.15, 0.2) is 22.8 Å². The Kier molecular flexibility index (Phi) is 7.45. The summed E-state index contributed by atoms with van der Waals surface area (Å²) in [5.41, 5.74) is -4.90. The van der Waals surface area contributed by atoms with Crippen LogP contribution in [0, 0.1) is 5.92 Å². The van der Waals surface area contributed by atoms with E-state index in [9.17, 15) is 29.4 Å². The van der Waals surface area contributed by atoms with Crippen molar-refractivity contribution in [2.45, 2.75) is 109 Å². The molecule has 1 aliphatic heterocycles. The van der Waals surface area contributed by atoms with E-state index < -0.39 is 64.9 Å². The van der Waals surface area contributed by atoms with Gasteiger partial charge < -0.3 is 29.2 Å². The third kappa shape index (κ3) is 4.34. The van der Waals surface area contributed by atoms with Gasteiger partial charge in [0.1, 0.15) is 17.8 Å². The van der Waals surface area contributed by atoms with Crippen molar-refractivity contribution in [3.05, 3.63) is 22.8 Å². The molecule has 2 N–H and O–H groups in total. The molecular formula is C26H36O10. The minimum Gasteiger partial charge on any atom is -0.459 e. The second kappa shape index (κ2) is 9.63. The number of hydrogen-bond acceptors (Lipinski definition) is 10. The van der Waals surface area contributed by atoms with Gasteiger partial charge in [-0.2, -0.15) is 0 Å². The lowest BCUT2D eigenvalue weighted by Gasteiger charge is -2.41. The van der Waals surface area contributed by atoms with Crippen molar-refractivity contribution in [2.75, 3.05) is 0 Å². The summed E-state index contributed by atoms with van der Waals surface area (Å²) in [7, 11) is 0. The van der Waals surface area contributed by atoms with Crippen molar-refractivity contribution < 1.29 is 48.3 Å². The van der Waals surface area contributed by atoms with E-state index in [1.807, 2.05) is 0 Å². The molecule has 0 aromatic heterocycles. The van der Waals surface area contributed by atoms with Gasteiger partial charge in [-0.15, -0.1) is 0 Å². The molecule has 0 aromatic rings. The second-order valence-electron chi connectivity index (χ2n) is 10.3. The van der Waals surface area contributed by atoms with Crippen LogP contribution in [0.5, 0.6) is 0 Å². The molecule has 1 heterocycles. The predicted molar refractivity (Wildman–Crippen MR) is 125 cm³/mol. The molecule has 1 unspecified atom stereocenters. The average Bonchev–Trinajstić information content (AvgIpc) is 3.16. The fourth-order valence-corrected chi connectivity index (χ4v) is 5.60. The van der Waals surface area contributed by atoms with Crippen molar-refractivity contribution in [3.63, 3.8) is 0 Å². The van der Waals surface area contributed by atoms with Crippen LogP contribution in [0.1, 0.15) is 74.1 Å². The zero-order valence-corrected chi connectivity index (χ0v) is 21.9. The molecule has 7 atom stereocenters. The van der Waals surface area contributed by atoms with Gasteiger partial charge in [0, 0.05) is 31.3 Å². The van der Waals surface area contributed by atoms with Crippen LogP contribution < -0.4 is 0 Å². The topological polar surface area (TPSA) is 146 Å². The minimum atomic E-state index is -2.44. The number of esters is 4. The summed E-state index contributed by atoms with van der Waals surface area (Å²) in [5.74, 6) is -3.53. The lowest BCUT2D eigenvalue weighted by molar-refractivity contribution is -0.210. The van der Waals surface area contributed by atoms with Crippen molar-refractivity contribution in [3.8, 4) is 0 Å². The van der Waals surface area contributed by atoms with Crippen molar-refractivity contribution in [1.82, 2.24) is 0 Å². The Balaban J connectivity index is 2.20. The zero-order valence-electron chi connectivity index (χ0n) is 21.9. The molecule has 0 aromatic carbocycles. The van der Waals surface area contributed by atoms with Gasteiger partial charge in [-0.1, -0.05) is 13.0 Å². The number of ether oxygens (including phenoxy) is 4. The van der Waals surface area contributed by atoms with Crippen molar-refractivity contribution >= 4 is 23.9 Å². The average molecular weight is 509 g/mol. The molecule has 200 valence electrons. The normalized spacial score (nSPS) is 38.0. The molecule has 0 spiro atoms. The quantitative estimate of drug-likeness (QED) is 0.237. The lowest BCUT2D eigenvalue weighted by Crippen LogP contribution is -2.64. The van der Waals surface area contributed by atoms with Crippen LogP contribution in [0.2, 0.25) is 0 Å². The summed E-state index contributed by atoms with van der Waals surface area (Å²) in [6.07, 6.45) is -1.52. The van der Waals surface area contributed by atoms with Crippen LogP contribution in [-0.4, -0.2) is 69.2 Å². The molecule has 0 bridgehead atoms. The summed E-state index contributed by atoms with van der Waals surface area (Å²) >= 11 is 0. The molecule has 2 aliphatic carbocycles. The van der Waals surface area contributed by atoms with Gasteiger partial charge in [0.05, 0.1) is 0 Å². The van der Waals surface area contributed by atoms with Gasteiger partial charge in [-0.05, 0) is 58.6 Å². The highest BCUT2D eigenvalue weighted by atomic mass is 16.6. The van der Waals surface area contributed by atoms with Crippen LogP contribution in [0.25, 0.3) is 0 Å². The summed E-state index contributed by atoms with van der Waals surface area (Å²) in [5, 5.41) is 23.2. The maximum Gasteiger partial charge on any atom is 0.341 e. The first-order valence-corrected chi connectivity index (χ1v) is 12.2. The van der Waals surface area contributed by atoms with E-state index in [4.69, 9.17) is 18.9 Å². The summed E-state index contributed by atoms with van der Waals surface area (Å²) in [4.78, 5) is 50.0. The second-order valence-corrected chi connectivity index (χ2v) is 10.3. The van der Waals surface area contributed by atoms with Gasteiger partial charge in [0.2, 0.25) is 0 Å². The van der Waals surface area contributed by atoms with E-state index >= 15 is 0 Å². The van der Waals surface area contributed by atoms with Gasteiger partial charge in [-0.25, -0.2) is 9.59 Å². The van der Waals surface area contributed by atoms with E-state index in [0.717, 1.165) is 6.92 Å². The maximum atomic E-state index is 12.8. The Bertz CT molecular complexity index is 1020. The Labute approximate surface area is 210 Å². The van der Waals surface area contributed by atoms with Crippen molar-refractivity contribution in [1.29, 1.82) is 0 Å². The van der Waals surface area contributed by atoms with Gasteiger partial charge >= 0.3 is 23.9 Å². The van der Waals surface area contributed by atoms with E-state index in [2.05, 4.69) is 0 Å². The molecule has 0 radical (unpaired) electrons. The molecule has 1 saturated carbocycles. The van der Waals surface area contributed by atoms with E-state index in [0.29, 0.717) is 23.1 Å². The lowest BCUT2D eigenvalue weighted by atomic mass is 9.75. The first-order chi connectivity index (χ1) is 16.6. The van der Waals surface area contributed by atoms with Crippen LogP contribution in [-0.2, 0) is 38.1 Å². The van der Waals surface area contributed by atoms with Crippen LogP contribution in [0.3, 0.4) is 0 Å². The number of rotatable bonds is 6. The number of hydrogen-bond donors (Lipinski definition) is 2. The van der Waals surface area contributed by atoms with E-state index in [1.165, 1.54) is 6.92 Å². The zero-order chi connectivity index (χ0) is 27.2. The number of aliphatic hydroxyl groups is 2. The van der Waals surface area contributed by atoms with E-state index in [-0.39, 0.29) is 19.3 Å². The van der Waals surface area contributed by atoms with Gasteiger partial charge in [0.15, 0.2) is 17.3 Å². The first kappa shape index (κ1) is 27.9. The monoisotopic (exact) mass is 508 g/mol. The standard InChI is InChI=1S/C26H36O10/c1-8-10-19(28)34-18-12-24(6,36-15(5)27)16-11-17(33-22(29)13(3)9-2)14(4)20(16)21-26(18,32)25(7,31)23(30)35-21/h9,16-18,21,31-32H,8,10-12H2,1-7H3/b13-9+/t16?,17-,18+,21+,24+,25-,26-/m0/s1. The molecule has 3 aliphatic rings. The molecule has 10 nitrogen and oxygen atoms in total. The maximum absolute atomic E-state index is 12.8. The smallest absolute Gasteiger partial charge is 0.341 e. The number of carbonyl (C=O) groups is 4. The Morgan fingerprint density at radius 3 is 2.36 bits per heavy atom. The first-order valence-electron chi connectivity index (χ1n) is 12.2. The number of allylic oxidation sites excluding steroid dienone is 1. The van der Waals surface area contributed by atoms with Crippen LogP contribution in [0.4, 0.5) is 0 Å². The number of carbonyl (C=O) groups excluding carboxylic acids is 4. The van der Waals surface area contributed by atoms with E-state index in [1.54, 1.807) is 40.7 Å². The van der Waals surface area contributed by atoms with Crippen molar-refractivity contribution in [2.24, 2.45) is 5.92 Å². The van der Waals surface area contributed by atoms with Gasteiger partial charge in [0.25, 0.3) is 0 Å². The highest BCUT2D eigenvalue weighted by Gasteiger charge is 2.74. The van der Waals surface area contributed by atoms with Crippen LogP contribution >= 0.6 is 0 Å². The fraction of sp³-hybridized carbons (Fsp3) is 0.692. The SMILES string of the molecule is C/C=C(\C)C(=O)O[C@H]1CC2C(=C1C)[C@H]1OC(=O)[C@](C)(O)[C@]1(O)[C@H](OC(=O)CCC)C[C@@]2(C)OC(C)=O. The molecule has 36 heavy (non-hydrogen) atoms.